The van der Waals surface area contributed by atoms with E-state index in [1.54, 1.807) is 0 Å². The molecule has 0 aliphatic carbocycles. The molecule has 0 aliphatic heterocycles. The van der Waals surface area contributed by atoms with Gasteiger partial charge in [0.1, 0.15) is 23.5 Å². The van der Waals surface area contributed by atoms with Crippen LogP contribution in [0.5, 0.6) is 0 Å². The Hall–Kier alpha value is -1.73. The van der Waals surface area contributed by atoms with E-state index < -0.39 is 5.63 Å². The molecule has 31 heavy (non-hydrogen) atoms. The number of carbonyl (C=O) groups is 1. The van der Waals surface area contributed by atoms with E-state index in [0.29, 0.717) is 48.3 Å². The normalized spacial score (nSPS) is 11.3. The second-order valence-electron chi connectivity index (χ2n) is 7.26. The Bertz CT molecular complexity index is 1120. The molecule has 0 amide bonds. The first-order chi connectivity index (χ1) is 14.3. The average molecular weight is 491 g/mol. The van der Waals surface area contributed by atoms with Crippen LogP contribution in [0.2, 0.25) is 0 Å². The predicted molar refractivity (Wildman–Crippen MR) is 126 cm³/mol. The Balaban J connectivity index is 0.00000341. The summed E-state index contributed by atoms with van der Waals surface area (Å²) in [5.74, 6) is 1.31. The molecule has 2 aromatic heterocycles. The minimum absolute atomic E-state index is 0. The minimum atomic E-state index is -0.396. The average Bonchev–Trinajstić information content (AvgIpc) is 2.99. The minimum Gasteiger partial charge on any atom is -0.464 e. The summed E-state index contributed by atoms with van der Waals surface area (Å²) in [6, 6.07) is 3.37. The first kappa shape index (κ1) is 25.5. The molecule has 0 bridgehead atoms. The van der Waals surface area contributed by atoms with Crippen molar-refractivity contribution < 1.29 is 18.4 Å². The first-order valence-electron chi connectivity index (χ1n) is 9.81. The molecule has 6 nitrogen and oxygen atoms in total. The van der Waals surface area contributed by atoms with Crippen molar-refractivity contribution in [1.29, 1.82) is 0 Å². The van der Waals surface area contributed by atoms with Gasteiger partial charge in [-0.25, -0.2) is 4.79 Å². The number of hydrogen-bond acceptors (Lipinski definition) is 6. The molecule has 170 valence electrons. The Labute approximate surface area is 196 Å². The Morgan fingerprint density at radius 2 is 1.65 bits per heavy atom. The van der Waals surface area contributed by atoms with Gasteiger partial charge in [0.05, 0.1) is 6.42 Å². The molecule has 0 fully saturated rings. The zero-order valence-corrected chi connectivity index (χ0v) is 20.1. The fourth-order valence-electron chi connectivity index (χ4n) is 3.63. The van der Waals surface area contributed by atoms with Crippen LogP contribution in [0.4, 0.5) is 0 Å². The van der Waals surface area contributed by atoms with Crippen molar-refractivity contribution in [1.82, 2.24) is 4.90 Å². The second kappa shape index (κ2) is 11.2. The number of rotatable bonds is 9. The maximum Gasteiger partial charge on any atom is 0.336 e. The third-order valence-electron chi connectivity index (χ3n) is 5.22. The van der Waals surface area contributed by atoms with Gasteiger partial charge < -0.3 is 13.6 Å². The lowest BCUT2D eigenvalue weighted by Crippen LogP contribution is -2.32. The van der Waals surface area contributed by atoms with Crippen LogP contribution in [0.3, 0.4) is 0 Å². The molecule has 0 atom stereocenters. The van der Waals surface area contributed by atoms with Crippen molar-refractivity contribution in [3.05, 3.63) is 45.0 Å². The van der Waals surface area contributed by atoms with E-state index in [-0.39, 0.29) is 31.4 Å². The number of nitrogens with zero attached hydrogens (tertiary/aromatic N) is 1. The van der Waals surface area contributed by atoms with Gasteiger partial charge in [0.15, 0.2) is 0 Å². The molecule has 1 aromatic carbocycles. The number of fused-ring (bicyclic) bond motifs is 2. The summed E-state index contributed by atoms with van der Waals surface area (Å²) in [5, 5.41) is 1.66. The molecule has 0 unspecified atom stereocenters. The number of ether oxygens (including phenoxy) is 1. The molecule has 9 heteroatoms. The third-order valence-corrected chi connectivity index (χ3v) is 5.56. The fraction of sp³-hybridized carbons (Fsp3) is 0.455. The van der Waals surface area contributed by atoms with E-state index in [9.17, 15) is 9.59 Å². The van der Waals surface area contributed by atoms with Gasteiger partial charge in [-0.05, 0) is 32.4 Å². The van der Waals surface area contributed by atoms with Crippen LogP contribution in [0.15, 0.2) is 25.8 Å². The van der Waals surface area contributed by atoms with Crippen molar-refractivity contribution >= 4 is 63.5 Å². The van der Waals surface area contributed by atoms with Gasteiger partial charge in [0.25, 0.3) is 0 Å². The summed E-state index contributed by atoms with van der Waals surface area (Å²) in [6.45, 7) is 7.77. The van der Waals surface area contributed by atoms with Crippen molar-refractivity contribution in [3.63, 3.8) is 0 Å². The number of benzene rings is 1. The summed E-state index contributed by atoms with van der Waals surface area (Å²) in [5.41, 5.74) is 3.07. The van der Waals surface area contributed by atoms with Gasteiger partial charge >= 0.3 is 11.6 Å². The highest BCUT2D eigenvalue weighted by Crippen LogP contribution is 2.34. The highest BCUT2D eigenvalue weighted by molar-refractivity contribution is 6.18. The van der Waals surface area contributed by atoms with Crippen LogP contribution in [0.25, 0.3) is 21.9 Å². The van der Waals surface area contributed by atoms with Crippen LogP contribution in [-0.2, 0) is 16.0 Å². The number of alkyl halides is 2. The van der Waals surface area contributed by atoms with Gasteiger partial charge in [-0.3, -0.25) is 9.69 Å². The summed E-state index contributed by atoms with van der Waals surface area (Å²) in [4.78, 5) is 26.3. The molecule has 3 rings (SSSR count). The molecule has 0 radical (unpaired) electrons. The number of furan rings is 1. The molecule has 0 saturated carbocycles. The summed E-state index contributed by atoms with van der Waals surface area (Å²) < 4.78 is 16.7. The summed E-state index contributed by atoms with van der Waals surface area (Å²) in [6.07, 6.45) is 0.102. The van der Waals surface area contributed by atoms with Crippen LogP contribution < -0.4 is 5.63 Å². The van der Waals surface area contributed by atoms with Gasteiger partial charge in [-0.15, -0.1) is 35.6 Å². The quantitative estimate of drug-likeness (QED) is 0.245. The molecule has 0 N–H and O–H groups in total. The second-order valence-corrected chi connectivity index (χ2v) is 8.01. The SMILES string of the molecule is Cc1oc2c(C)c3oc(=O)cc(C)c3cc2c1CC(=O)OCCN(CCCl)CCCl.Cl. The number of esters is 1. The van der Waals surface area contributed by atoms with E-state index in [0.717, 1.165) is 27.5 Å². The molecule has 0 aliphatic rings. The Morgan fingerprint density at radius 3 is 2.29 bits per heavy atom. The highest BCUT2D eigenvalue weighted by Gasteiger charge is 2.20. The topological polar surface area (TPSA) is 72.9 Å². The zero-order chi connectivity index (χ0) is 21.8. The van der Waals surface area contributed by atoms with Crippen LogP contribution in [0, 0.1) is 20.8 Å². The van der Waals surface area contributed by atoms with Gasteiger partial charge in [0, 0.05) is 59.4 Å². The van der Waals surface area contributed by atoms with Crippen molar-refractivity contribution in [2.45, 2.75) is 27.2 Å². The van der Waals surface area contributed by atoms with E-state index in [4.69, 9.17) is 36.8 Å². The van der Waals surface area contributed by atoms with Gasteiger partial charge in [-0.1, -0.05) is 0 Å². The van der Waals surface area contributed by atoms with Crippen molar-refractivity contribution in [2.24, 2.45) is 0 Å². The molecular weight excluding hydrogens is 465 g/mol. The Kier molecular flexibility index (Phi) is 9.25. The van der Waals surface area contributed by atoms with E-state index >= 15 is 0 Å². The summed E-state index contributed by atoms with van der Waals surface area (Å²) in [7, 11) is 0. The summed E-state index contributed by atoms with van der Waals surface area (Å²) >= 11 is 11.6. The molecule has 0 saturated heterocycles. The lowest BCUT2D eigenvalue weighted by molar-refractivity contribution is -0.143. The third kappa shape index (κ3) is 5.75. The fourth-order valence-corrected chi connectivity index (χ4v) is 4.11. The zero-order valence-electron chi connectivity index (χ0n) is 17.8. The highest BCUT2D eigenvalue weighted by atomic mass is 35.5. The lowest BCUT2D eigenvalue weighted by atomic mass is 10.0. The lowest BCUT2D eigenvalue weighted by Gasteiger charge is -2.19. The standard InChI is InChI=1S/C22H25Cl2NO5.ClH/c1-13-10-20(27)30-21-14(2)22-18(11-16(13)21)17(15(3)29-22)12-19(26)28-9-8-25(6-4-23)7-5-24;/h10-11H,4-9,12H2,1-3H3;1H. The van der Waals surface area contributed by atoms with E-state index in [2.05, 4.69) is 4.90 Å². The van der Waals surface area contributed by atoms with Crippen LogP contribution in [-0.4, -0.2) is 48.9 Å². The van der Waals surface area contributed by atoms with Crippen LogP contribution >= 0.6 is 35.6 Å². The van der Waals surface area contributed by atoms with Crippen LogP contribution in [0.1, 0.15) is 22.5 Å². The molecule has 3 aromatic rings. The first-order valence-corrected chi connectivity index (χ1v) is 10.9. The Morgan fingerprint density at radius 1 is 1.00 bits per heavy atom. The van der Waals surface area contributed by atoms with Crippen molar-refractivity contribution in [3.8, 4) is 0 Å². The van der Waals surface area contributed by atoms with Gasteiger partial charge in [-0.2, -0.15) is 0 Å². The largest absolute Gasteiger partial charge is 0.464 e. The molecular formula is C22H26Cl3NO5. The van der Waals surface area contributed by atoms with E-state index in [1.165, 1.54) is 6.07 Å². The smallest absolute Gasteiger partial charge is 0.336 e. The van der Waals surface area contributed by atoms with Gasteiger partial charge in [0.2, 0.25) is 0 Å². The maximum absolute atomic E-state index is 12.5. The number of carbonyl (C=O) groups excluding carboxylic acids is 1. The maximum atomic E-state index is 12.5. The number of aryl methyl sites for hydroxylation is 3. The number of hydrogen-bond donors (Lipinski definition) is 0. The monoisotopic (exact) mass is 489 g/mol. The predicted octanol–water partition coefficient (Wildman–Crippen LogP) is 4.75. The molecule has 2 heterocycles. The van der Waals surface area contributed by atoms with Crippen molar-refractivity contribution in [2.75, 3.05) is 38.0 Å². The number of halogens is 3. The molecule has 0 spiro atoms. The van der Waals surface area contributed by atoms with E-state index in [1.807, 2.05) is 26.8 Å².